The number of carboxylic acid groups (broad SMARTS) is 1. The lowest BCUT2D eigenvalue weighted by molar-refractivity contribution is 0.0698. The zero-order valence-electron chi connectivity index (χ0n) is 12.1. The van der Waals surface area contributed by atoms with Crippen LogP contribution in [-0.4, -0.2) is 23.1 Å². The molecule has 1 aliphatic carbocycles. The first-order valence-corrected chi connectivity index (χ1v) is 7.70. The molecule has 6 heteroatoms. The van der Waals surface area contributed by atoms with Crippen LogP contribution in [0.2, 0.25) is 0 Å². The average Bonchev–Trinajstić information content (AvgIpc) is 2.71. The van der Waals surface area contributed by atoms with Crippen molar-refractivity contribution in [3.63, 3.8) is 0 Å². The number of anilines is 1. The number of rotatable bonds is 3. The van der Waals surface area contributed by atoms with Crippen LogP contribution in [0, 0.1) is 5.41 Å². The van der Waals surface area contributed by atoms with Gasteiger partial charge in [0, 0.05) is 10.5 Å². The Labute approximate surface area is 132 Å². The van der Waals surface area contributed by atoms with Crippen LogP contribution in [0.5, 0.6) is 0 Å². The number of hydrogen-bond acceptors (Lipinski definition) is 2. The fourth-order valence-corrected chi connectivity index (χ4v) is 3.20. The van der Waals surface area contributed by atoms with E-state index in [0.717, 1.165) is 19.3 Å². The minimum absolute atomic E-state index is 0.0604. The number of benzene rings is 1. The van der Waals surface area contributed by atoms with E-state index in [1.54, 1.807) is 12.1 Å². The van der Waals surface area contributed by atoms with Gasteiger partial charge in [0.2, 0.25) is 0 Å². The third kappa shape index (κ3) is 3.56. The summed E-state index contributed by atoms with van der Waals surface area (Å²) in [6, 6.07) is 4.51. The molecule has 1 fully saturated rings. The largest absolute Gasteiger partial charge is 0.478 e. The highest BCUT2D eigenvalue weighted by Crippen LogP contribution is 2.37. The third-order valence-electron chi connectivity index (χ3n) is 4.05. The van der Waals surface area contributed by atoms with E-state index in [1.807, 2.05) is 0 Å². The Bertz CT molecular complexity index is 572. The molecule has 5 nitrogen and oxygen atoms in total. The highest BCUT2D eigenvalue weighted by atomic mass is 79.9. The molecule has 0 radical (unpaired) electrons. The van der Waals surface area contributed by atoms with Gasteiger partial charge in [-0.3, -0.25) is 0 Å². The lowest BCUT2D eigenvalue weighted by Crippen LogP contribution is -2.43. The van der Waals surface area contributed by atoms with Gasteiger partial charge in [-0.05, 0) is 46.3 Å². The molecular weight excluding hydrogens is 336 g/mol. The van der Waals surface area contributed by atoms with Crippen LogP contribution >= 0.6 is 15.9 Å². The van der Waals surface area contributed by atoms with Crippen LogP contribution in [0.15, 0.2) is 22.7 Å². The summed E-state index contributed by atoms with van der Waals surface area (Å²) in [6.45, 7) is 4.26. The van der Waals surface area contributed by atoms with Gasteiger partial charge in [0.05, 0.1) is 11.3 Å². The van der Waals surface area contributed by atoms with E-state index in [0.29, 0.717) is 4.47 Å². The first-order chi connectivity index (χ1) is 9.81. The molecular formula is C15H19BrN2O3. The Morgan fingerprint density at radius 3 is 2.67 bits per heavy atom. The molecule has 0 saturated heterocycles. The van der Waals surface area contributed by atoms with Gasteiger partial charge in [-0.1, -0.05) is 26.3 Å². The maximum Gasteiger partial charge on any atom is 0.337 e. The second-order valence-corrected chi connectivity index (χ2v) is 6.85. The van der Waals surface area contributed by atoms with E-state index in [-0.39, 0.29) is 28.7 Å². The molecule has 0 aliphatic heterocycles. The number of nitrogens with one attached hydrogen (secondary N) is 2. The Morgan fingerprint density at radius 2 is 2.10 bits per heavy atom. The maximum atomic E-state index is 12.1. The molecule has 0 aromatic heterocycles. The summed E-state index contributed by atoms with van der Waals surface area (Å²) in [6.07, 6.45) is 3.11. The van der Waals surface area contributed by atoms with E-state index in [9.17, 15) is 14.7 Å². The number of aromatic carboxylic acids is 1. The number of para-hydroxylation sites is 1. The molecule has 2 amide bonds. The summed E-state index contributed by atoms with van der Waals surface area (Å²) in [4.78, 5) is 23.4. The summed E-state index contributed by atoms with van der Waals surface area (Å²) < 4.78 is 0.545. The molecule has 3 N–H and O–H groups in total. The van der Waals surface area contributed by atoms with E-state index in [4.69, 9.17) is 0 Å². The van der Waals surface area contributed by atoms with E-state index < -0.39 is 5.97 Å². The number of carboxylic acids is 1. The predicted molar refractivity (Wildman–Crippen MR) is 84.7 cm³/mol. The zero-order valence-corrected chi connectivity index (χ0v) is 13.7. The van der Waals surface area contributed by atoms with Crippen molar-refractivity contribution in [1.29, 1.82) is 0 Å². The van der Waals surface area contributed by atoms with Crippen molar-refractivity contribution in [2.45, 2.75) is 39.2 Å². The Morgan fingerprint density at radius 1 is 1.38 bits per heavy atom. The minimum Gasteiger partial charge on any atom is -0.478 e. The molecule has 0 bridgehead atoms. The Hall–Kier alpha value is -1.56. The third-order valence-corrected chi connectivity index (χ3v) is 4.71. The highest BCUT2D eigenvalue weighted by Gasteiger charge is 2.35. The number of carbonyl (C=O) groups is 2. The Balaban J connectivity index is 2.12. The first-order valence-electron chi connectivity index (χ1n) is 6.90. The number of carbonyl (C=O) groups excluding carboxylic acids is 1. The lowest BCUT2D eigenvalue weighted by Gasteiger charge is -2.28. The van der Waals surface area contributed by atoms with E-state index in [1.165, 1.54) is 6.07 Å². The standard InChI is InChI=1S/C15H19BrN2O3/c1-15(2)8-4-7-11(15)17-14(21)18-12-9(13(19)20)5-3-6-10(12)16/h3,5-6,11H,4,7-8H2,1-2H3,(H,19,20)(H2,17,18,21). The van der Waals surface area contributed by atoms with Crippen LogP contribution in [0.4, 0.5) is 10.5 Å². The lowest BCUT2D eigenvalue weighted by atomic mass is 9.87. The number of halogens is 1. The van der Waals surface area contributed by atoms with Crippen LogP contribution in [0.1, 0.15) is 43.5 Å². The fraction of sp³-hybridized carbons (Fsp3) is 0.467. The van der Waals surface area contributed by atoms with Crippen LogP contribution in [0.3, 0.4) is 0 Å². The monoisotopic (exact) mass is 354 g/mol. The van der Waals surface area contributed by atoms with Gasteiger partial charge >= 0.3 is 12.0 Å². The van der Waals surface area contributed by atoms with Crippen molar-refractivity contribution < 1.29 is 14.7 Å². The zero-order chi connectivity index (χ0) is 15.6. The van der Waals surface area contributed by atoms with Crippen LogP contribution in [-0.2, 0) is 0 Å². The van der Waals surface area contributed by atoms with Crippen molar-refractivity contribution in [3.05, 3.63) is 28.2 Å². The smallest absolute Gasteiger partial charge is 0.337 e. The summed E-state index contributed by atoms with van der Waals surface area (Å²) in [7, 11) is 0. The average molecular weight is 355 g/mol. The van der Waals surface area contributed by atoms with Gasteiger partial charge in [-0.15, -0.1) is 0 Å². The second kappa shape index (κ2) is 6.05. The van der Waals surface area contributed by atoms with Crippen LogP contribution in [0.25, 0.3) is 0 Å². The van der Waals surface area contributed by atoms with Crippen molar-refractivity contribution in [2.24, 2.45) is 5.41 Å². The van der Waals surface area contributed by atoms with E-state index >= 15 is 0 Å². The van der Waals surface area contributed by atoms with Gasteiger partial charge < -0.3 is 15.7 Å². The Kier molecular flexibility index (Phi) is 4.56. The van der Waals surface area contributed by atoms with Gasteiger partial charge in [-0.25, -0.2) is 9.59 Å². The fourth-order valence-electron chi connectivity index (χ4n) is 2.73. The molecule has 1 aromatic carbocycles. The summed E-state index contributed by atoms with van der Waals surface area (Å²) in [5, 5.41) is 14.8. The number of hydrogen-bond donors (Lipinski definition) is 3. The summed E-state index contributed by atoms with van der Waals surface area (Å²) in [5.41, 5.74) is 0.407. The molecule has 21 heavy (non-hydrogen) atoms. The van der Waals surface area contributed by atoms with Crippen molar-refractivity contribution in [1.82, 2.24) is 5.32 Å². The summed E-state index contributed by atoms with van der Waals surface area (Å²) >= 11 is 3.27. The van der Waals surface area contributed by atoms with E-state index in [2.05, 4.69) is 40.4 Å². The van der Waals surface area contributed by atoms with Crippen molar-refractivity contribution in [3.8, 4) is 0 Å². The maximum absolute atomic E-state index is 12.1. The summed E-state index contributed by atoms with van der Waals surface area (Å²) in [5.74, 6) is -1.08. The van der Waals surface area contributed by atoms with Gasteiger partial charge in [0.1, 0.15) is 0 Å². The molecule has 1 aliphatic rings. The molecule has 1 atom stereocenters. The molecule has 0 heterocycles. The molecule has 0 spiro atoms. The highest BCUT2D eigenvalue weighted by molar-refractivity contribution is 9.10. The number of amides is 2. The molecule has 1 aromatic rings. The SMILES string of the molecule is CC1(C)CCCC1NC(=O)Nc1c(Br)cccc1C(=O)O. The topological polar surface area (TPSA) is 78.4 Å². The molecule has 1 saturated carbocycles. The molecule has 114 valence electrons. The predicted octanol–water partition coefficient (Wildman–Crippen LogP) is 3.85. The van der Waals surface area contributed by atoms with Gasteiger partial charge in [0.15, 0.2) is 0 Å². The van der Waals surface area contributed by atoms with Crippen molar-refractivity contribution in [2.75, 3.05) is 5.32 Å². The first kappa shape index (κ1) is 15.8. The normalized spacial score (nSPS) is 20.0. The molecule has 2 rings (SSSR count). The van der Waals surface area contributed by atoms with Gasteiger partial charge in [-0.2, -0.15) is 0 Å². The van der Waals surface area contributed by atoms with Crippen molar-refractivity contribution >= 4 is 33.6 Å². The minimum atomic E-state index is -1.08. The second-order valence-electron chi connectivity index (χ2n) is 6.00. The quantitative estimate of drug-likeness (QED) is 0.771. The molecule has 1 unspecified atom stereocenters. The number of urea groups is 1. The van der Waals surface area contributed by atoms with Crippen LogP contribution < -0.4 is 10.6 Å². The van der Waals surface area contributed by atoms with Gasteiger partial charge in [0.25, 0.3) is 0 Å².